The van der Waals surface area contributed by atoms with E-state index >= 15 is 0 Å². The molecule has 0 bridgehead atoms. The lowest BCUT2D eigenvalue weighted by atomic mass is 10.1. The number of rotatable bonds is 5. The maximum atomic E-state index is 12.2. The van der Waals surface area contributed by atoms with Crippen LogP contribution in [-0.2, 0) is 14.3 Å². The Morgan fingerprint density at radius 2 is 2.04 bits per heavy atom. The number of nitrogens with zero attached hydrogens (tertiary/aromatic N) is 1. The Bertz CT molecular complexity index is 616. The van der Waals surface area contributed by atoms with Crippen LogP contribution in [0.3, 0.4) is 0 Å². The van der Waals surface area contributed by atoms with Crippen LogP contribution in [0.4, 0.5) is 5.69 Å². The Labute approximate surface area is 134 Å². The van der Waals surface area contributed by atoms with E-state index < -0.39 is 18.1 Å². The van der Waals surface area contributed by atoms with Crippen LogP contribution in [0.2, 0.25) is 0 Å². The quantitative estimate of drug-likeness (QED) is 0.603. The highest BCUT2D eigenvalue weighted by atomic mass is 16.5. The first-order chi connectivity index (χ1) is 10.9. The van der Waals surface area contributed by atoms with Gasteiger partial charge in [0.2, 0.25) is 5.91 Å². The number of aliphatic hydroxyl groups excluding tert-OH is 1. The Balaban J connectivity index is 2.05. The minimum atomic E-state index is -0.670. The third-order valence-electron chi connectivity index (χ3n) is 3.78. The molecule has 0 spiro atoms. The molecule has 1 aromatic rings. The van der Waals surface area contributed by atoms with Gasteiger partial charge in [-0.1, -0.05) is 12.1 Å². The number of ether oxygens (including phenoxy) is 1. The molecule has 1 saturated heterocycles. The lowest BCUT2D eigenvalue weighted by Crippen LogP contribution is -2.41. The van der Waals surface area contributed by atoms with Crippen molar-refractivity contribution in [2.45, 2.75) is 25.5 Å². The van der Waals surface area contributed by atoms with Crippen LogP contribution in [-0.4, -0.2) is 60.0 Å². The summed E-state index contributed by atoms with van der Waals surface area (Å²) < 4.78 is 4.70. The van der Waals surface area contributed by atoms with E-state index in [-0.39, 0.29) is 31.2 Å². The van der Waals surface area contributed by atoms with Gasteiger partial charge in [-0.15, -0.1) is 0 Å². The van der Waals surface area contributed by atoms with Crippen LogP contribution < -0.4 is 5.32 Å². The molecule has 1 aromatic carbocycles. The molecule has 0 saturated carbocycles. The summed E-state index contributed by atoms with van der Waals surface area (Å²) in [5.74, 6) is -0.981. The Kier molecular flexibility index (Phi) is 5.46. The molecule has 7 heteroatoms. The number of carbonyl (C=O) groups is 3. The Hall–Kier alpha value is -2.25. The highest BCUT2D eigenvalue weighted by Gasteiger charge is 2.37. The van der Waals surface area contributed by atoms with Gasteiger partial charge in [0.1, 0.15) is 6.04 Å². The fourth-order valence-electron chi connectivity index (χ4n) is 2.71. The molecule has 0 unspecified atom stereocenters. The molecule has 2 N–H and O–H groups in total. The predicted molar refractivity (Wildman–Crippen MR) is 83.1 cm³/mol. The second-order valence-corrected chi connectivity index (χ2v) is 5.51. The normalized spacial score (nSPS) is 21.0. The highest BCUT2D eigenvalue weighted by molar-refractivity contribution is 6.04. The maximum absolute atomic E-state index is 12.2. The minimum Gasteiger partial charge on any atom is -0.468 e. The van der Waals surface area contributed by atoms with Gasteiger partial charge in [-0.25, -0.2) is 0 Å². The molecule has 7 nitrogen and oxygen atoms in total. The number of ketones is 1. The molecule has 1 fully saturated rings. The van der Waals surface area contributed by atoms with E-state index in [9.17, 15) is 19.5 Å². The van der Waals surface area contributed by atoms with Crippen molar-refractivity contribution in [3.8, 4) is 0 Å². The molecule has 2 atom stereocenters. The van der Waals surface area contributed by atoms with Crippen LogP contribution in [0.25, 0.3) is 0 Å². The number of β-amino-alcohol motifs (C(OH)–C–C–N with tert-alkyl or cyclic N) is 1. The summed E-state index contributed by atoms with van der Waals surface area (Å²) in [4.78, 5) is 37.0. The Morgan fingerprint density at radius 3 is 2.70 bits per heavy atom. The summed E-state index contributed by atoms with van der Waals surface area (Å²) in [6.45, 7) is 1.58. The topological polar surface area (TPSA) is 95.9 Å². The van der Waals surface area contributed by atoms with Gasteiger partial charge in [0, 0.05) is 18.5 Å². The largest absolute Gasteiger partial charge is 0.468 e. The number of esters is 1. The first kappa shape index (κ1) is 17.1. The van der Waals surface area contributed by atoms with E-state index in [2.05, 4.69) is 5.32 Å². The summed E-state index contributed by atoms with van der Waals surface area (Å²) in [6, 6.07) is 6.08. The molecule has 2 rings (SSSR count). The molecular formula is C16H20N2O5. The number of nitrogens with one attached hydrogen (secondary N) is 1. The second-order valence-electron chi connectivity index (χ2n) is 5.51. The molecule has 0 aliphatic carbocycles. The number of likely N-dealkylation sites (tertiary alicyclic amines) is 1. The van der Waals surface area contributed by atoms with Gasteiger partial charge in [-0.3, -0.25) is 19.3 Å². The zero-order chi connectivity index (χ0) is 17.0. The zero-order valence-corrected chi connectivity index (χ0v) is 13.1. The van der Waals surface area contributed by atoms with Crippen molar-refractivity contribution >= 4 is 23.3 Å². The smallest absolute Gasteiger partial charge is 0.323 e. The summed E-state index contributed by atoms with van der Waals surface area (Å²) in [5, 5.41) is 12.4. The minimum absolute atomic E-state index is 0.0664. The monoisotopic (exact) mass is 320 g/mol. The number of benzene rings is 1. The number of hydrogen-bond donors (Lipinski definition) is 2. The summed E-state index contributed by atoms with van der Waals surface area (Å²) in [7, 11) is 1.27. The van der Waals surface area contributed by atoms with Gasteiger partial charge < -0.3 is 15.2 Å². The number of Topliss-reactive ketones (excluding diaryl/α,β-unsaturated/α-hetero) is 1. The van der Waals surface area contributed by atoms with Crippen molar-refractivity contribution in [1.82, 2.24) is 4.90 Å². The van der Waals surface area contributed by atoms with Crippen LogP contribution in [0, 0.1) is 0 Å². The van der Waals surface area contributed by atoms with Gasteiger partial charge in [0.25, 0.3) is 0 Å². The number of aliphatic hydroxyl groups is 1. The fourth-order valence-corrected chi connectivity index (χ4v) is 2.71. The number of hydrogen-bond acceptors (Lipinski definition) is 6. The van der Waals surface area contributed by atoms with E-state index in [4.69, 9.17) is 4.74 Å². The molecule has 1 heterocycles. The fraction of sp³-hybridized carbons (Fsp3) is 0.438. The number of anilines is 1. The Morgan fingerprint density at radius 1 is 1.35 bits per heavy atom. The average molecular weight is 320 g/mol. The van der Waals surface area contributed by atoms with E-state index in [0.29, 0.717) is 11.3 Å². The second kappa shape index (κ2) is 7.34. The van der Waals surface area contributed by atoms with Gasteiger partial charge in [-0.05, 0) is 19.1 Å². The van der Waals surface area contributed by atoms with E-state index in [1.54, 1.807) is 29.2 Å². The molecule has 124 valence electrons. The van der Waals surface area contributed by atoms with Gasteiger partial charge in [0.15, 0.2) is 5.78 Å². The summed E-state index contributed by atoms with van der Waals surface area (Å²) >= 11 is 0. The molecule has 1 aliphatic heterocycles. The van der Waals surface area contributed by atoms with Crippen molar-refractivity contribution < 1.29 is 24.2 Å². The molecule has 1 aliphatic rings. The first-order valence-electron chi connectivity index (χ1n) is 7.32. The number of carbonyl (C=O) groups excluding carboxylic acids is 3. The van der Waals surface area contributed by atoms with Crippen LogP contribution in [0.5, 0.6) is 0 Å². The van der Waals surface area contributed by atoms with Crippen molar-refractivity contribution in [3.05, 3.63) is 29.8 Å². The van der Waals surface area contributed by atoms with Crippen molar-refractivity contribution in [2.75, 3.05) is 25.5 Å². The lowest BCUT2D eigenvalue weighted by molar-refractivity contribution is -0.146. The summed E-state index contributed by atoms with van der Waals surface area (Å²) in [5.41, 5.74) is 0.853. The van der Waals surface area contributed by atoms with E-state index in [0.717, 1.165) is 0 Å². The predicted octanol–water partition coefficient (Wildman–Crippen LogP) is 0.436. The van der Waals surface area contributed by atoms with Crippen molar-refractivity contribution in [3.63, 3.8) is 0 Å². The SMILES string of the molecule is COC(=O)[C@@H]1C[C@@H](O)CN1CC(=O)Nc1ccccc1C(C)=O. The van der Waals surface area contributed by atoms with Crippen molar-refractivity contribution in [2.24, 2.45) is 0 Å². The molecule has 0 radical (unpaired) electrons. The highest BCUT2D eigenvalue weighted by Crippen LogP contribution is 2.20. The zero-order valence-electron chi connectivity index (χ0n) is 13.1. The lowest BCUT2D eigenvalue weighted by Gasteiger charge is -2.21. The third-order valence-corrected chi connectivity index (χ3v) is 3.78. The van der Waals surface area contributed by atoms with E-state index in [1.807, 2.05) is 0 Å². The van der Waals surface area contributed by atoms with Gasteiger partial charge in [0.05, 0.1) is 25.4 Å². The maximum Gasteiger partial charge on any atom is 0.323 e. The number of amides is 1. The van der Waals surface area contributed by atoms with Crippen LogP contribution in [0.1, 0.15) is 23.7 Å². The molecule has 1 amide bonds. The number of para-hydroxylation sites is 1. The molecule has 0 aromatic heterocycles. The number of methoxy groups -OCH3 is 1. The van der Waals surface area contributed by atoms with Gasteiger partial charge >= 0.3 is 5.97 Å². The standard InChI is InChI=1S/C16H20N2O5/c1-10(19)12-5-3-4-6-13(12)17-15(21)9-18-8-11(20)7-14(18)16(22)23-2/h3-6,11,14,20H,7-9H2,1-2H3,(H,17,21)/t11-,14+/m1/s1. The molecular weight excluding hydrogens is 300 g/mol. The van der Waals surface area contributed by atoms with Gasteiger partial charge in [-0.2, -0.15) is 0 Å². The van der Waals surface area contributed by atoms with E-state index in [1.165, 1.54) is 14.0 Å². The summed E-state index contributed by atoms with van der Waals surface area (Å²) in [6.07, 6.45) is -0.430. The van der Waals surface area contributed by atoms with Crippen LogP contribution >= 0.6 is 0 Å². The average Bonchev–Trinajstić information content (AvgIpc) is 2.87. The third kappa shape index (κ3) is 4.14. The van der Waals surface area contributed by atoms with Crippen molar-refractivity contribution in [1.29, 1.82) is 0 Å². The first-order valence-corrected chi connectivity index (χ1v) is 7.32. The van der Waals surface area contributed by atoms with Crippen LogP contribution in [0.15, 0.2) is 24.3 Å². The molecule has 23 heavy (non-hydrogen) atoms.